The average Bonchev–Trinajstić information content (AvgIpc) is 2.44. The van der Waals surface area contributed by atoms with E-state index in [1.807, 2.05) is 12.1 Å². The van der Waals surface area contributed by atoms with E-state index in [0.29, 0.717) is 11.8 Å². The number of hydrogen-bond donors (Lipinski definition) is 2. The minimum atomic E-state index is 0.270. The van der Waals surface area contributed by atoms with Gasteiger partial charge >= 0.3 is 0 Å². The number of halogens is 1. The lowest BCUT2D eigenvalue weighted by atomic mass is 9.96. The van der Waals surface area contributed by atoms with Crippen molar-refractivity contribution in [1.29, 1.82) is 0 Å². The number of benzene rings is 1. The molecule has 0 saturated carbocycles. The number of aromatic nitrogens is 2. The van der Waals surface area contributed by atoms with Gasteiger partial charge in [0.25, 0.3) is 0 Å². The number of nitrogens with zero attached hydrogens (tertiary/aromatic N) is 2. The third kappa shape index (κ3) is 2.85. The van der Waals surface area contributed by atoms with Crippen molar-refractivity contribution in [3.8, 4) is 5.75 Å². The number of anilines is 1. The van der Waals surface area contributed by atoms with E-state index in [9.17, 15) is 5.11 Å². The van der Waals surface area contributed by atoms with Gasteiger partial charge in [0.05, 0.1) is 5.69 Å². The van der Waals surface area contributed by atoms with E-state index in [0.717, 1.165) is 36.3 Å². The molecule has 1 aliphatic carbocycles. The van der Waals surface area contributed by atoms with Crippen LogP contribution in [0.3, 0.4) is 0 Å². The molecule has 1 aromatic carbocycles. The van der Waals surface area contributed by atoms with Crippen molar-refractivity contribution in [2.75, 3.05) is 5.32 Å². The highest BCUT2D eigenvalue weighted by Gasteiger charge is 2.17. The number of rotatable bonds is 3. The standard InChI is InChI=1S/C15H16ClN3O/c16-15-18-13-7-2-1-6-12(13)14(19-15)17-9-10-4-3-5-11(20)8-10/h3-5,8,20H,1-2,6-7,9H2,(H,17,18,19). The van der Waals surface area contributed by atoms with E-state index in [1.165, 1.54) is 12.0 Å². The van der Waals surface area contributed by atoms with E-state index in [1.54, 1.807) is 12.1 Å². The van der Waals surface area contributed by atoms with Gasteiger partial charge < -0.3 is 10.4 Å². The molecule has 0 radical (unpaired) electrons. The van der Waals surface area contributed by atoms with Crippen LogP contribution in [0, 0.1) is 0 Å². The lowest BCUT2D eigenvalue weighted by molar-refractivity contribution is 0.474. The Morgan fingerprint density at radius 1 is 1.20 bits per heavy atom. The fraction of sp³-hybridized carbons (Fsp3) is 0.333. The van der Waals surface area contributed by atoms with Crippen molar-refractivity contribution < 1.29 is 5.11 Å². The topological polar surface area (TPSA) is 58.0 Å². The van der Waals surface area contributed by atoms with Crippen LogP contribution in [0.4, 0.5) is 5.82 Å². The number of phenols is 1. The third-order valence-corrected chi connectivity index (χ3v) is 3.70. The molecule has 2 aromatic rings. The summed E-state index contributed by atoms with van der Waals surface area (Å²) in [6.45, 7) is 0.605. The summed E-state index contributed by atoms with van der Waals surface area (Å²) in [6.07, 6.45) is 4.29. The summed E-state index contributed by atoms with van der Waals surface area (Å²) in [5.41, 5.74) is 3.25. The molecule has 3 rings (SSSR count). The van der Waals surface area contributed by atoms with E-state index in [-0.39, 0.29) is 5.75 Å². The fourth-order valence-electron chi connectivity index (χ4n) is 2.56. The molecule has 5 heteroatoms. The second kappa shape index (κ2) is 5.67. The Morgan fingerprint density at radius 3 is 2.90 bits per heavy atom. The molecule has 0 unspecified atom stereocenters. The highest BCUT2D eigenvalue weighted by Crippen LogP contribution is 2.27. The maximum atomic E-state index is 9.47. The van der Waals surface area contributed by atoms with Gasteiger partial charge in [0.15, 0.2) is 0 Å². The zero-order chi connectivity index (χ0) is 13.9. The SMILES string of the molecule is Oc1cccc(CNc2nc(Cl)nc3c2CCCC3)c1. The van der Waals surface area contributed by atoms with E-state index in [4.69, 9.17) is 11.6 Å². The Balaban J connectivity index is 1.82. The molecule has 0 aliphatic heterocycles. The lowest BCUT2D eigenvalue weighted by Crippen LogP contribution is -2.12. The number of aryl methyl sites for hydroxylation is 1. The van der Waals surface area contributed by atoms with Crippen LogP contribution in [-0.4, -0.2) is 15.1 Å². The molecule has 104 valence electrons. The van der Waals surface area contributed by atoms with Gasteiger partial charge in [-0.1, -0.05) is 12.1 Å². The summed E-state index contributed by atoms with van der Waals surface area (Å²) in [6, 6.07) is 7.19. The van der Waals surface area contributed by atoms with Crippen LogP contribution < -0.4 is 5.32 Å². The monoisotopic (exact) mass is 289 g/mol. The van der Waals surface area contributed by atoms with Crippen LogP contribution in [0.2, 0.25) is 5.28 Å². The summed E-state index contributed by atoms with van der Waals surface area (Å²) < 4.78 is 0. The molecular weight excluding hydrogens is 274 g/mol. The Labute approximate surface area is 122 Å². The molecule has 0 amide bonds. The first kappa shape index (κ1) is 13.2. The van der Waals surface area contributed by atoms with Crippen LogP contribution in [-0.2, 0) is 19.4 Å². The molecule has 1 heterocycles. The Hall–Kier alpha value is -1.81. The molecule has 0 fully saturated rings. The summed E-state index contributed by atoms with van der Waals surface area (Å²) in [4.78, 5) is 8.62. The molecule has 20 heavy (non-hydrogen) atoms. The smallest absolute Gasteiger partial charge is 0.224 e. The second-order valence-electron chi connectivity index (χ2n) is 5.00. The Kier molecular flexibility index (Phi) is 3.74. The molecular formula is C15H16ClN3O. The van der Waals surface area contributed by atoms with Crippen molar-refractivity contribution in [3.63, 3.8) is 0 Å². The highest BCUT2D eigenvalue weighted by atomic mass is 35.5. The molecule has 2 N–H and O–H groups in total. The predicted molar refractivity (Wildman–Crippen MR) is 79.1 cm³/mol. The van der Waals surface area contributed by atoms with Gasteiger partial charge in [0, 0.05) is 12.1 Å². The third-order valence-electron chi connectivity index (χ3n) is 3.53. The van der Waals surface area contributed by atoms with Crippen molar-refractivity contribution in [3.05, 3.63) is 46.4 Å². The molecule has 0 spiro atoms. The number of hydrogen-bond acceptors (Lipinski definition) is 4. The van der Waals surface area contributed by atoms with Crippen LogP contribution in [0.1, 0.15) is 29.7 Å². The highest BCUT2D eigenvalue weighted by molar-refractivity contribution is 6.28. The first-order valence-corrected chi connectivity index (χ1v) is 7.17. The molecule has 0 bridgehead atoms. The van der Waals surface area contributed by atoms with E-state index < -0.39 is 0 Å². The Morgan fingerprint density at radius 2 is 2.05 bits per heavy atom. The van der Waals surface area contributed by atoms with Crippen molar-refractivity contribution in [1.82, 2.24) is 9.97 Å². The van der Waals surface area contributed by atoms with Gasteiger partial charge in [-0.05, 0) is 55.0 Å². The van der Waals surface area contributed by atoms with Crippen LogP contribution in [0.15, 0.2) is 24.3 Å². The quantitative estimate of drug-likeness (QED) is 0.851. The number of aromatic hydroxyl groups is 1. The van der Waals surface area contributed by atoms with E-state index in [2.05, 4.69) is 15.3 Å². The maximum Gasteiger partial charge on any atom is 0.224 e. The van der Waals surface area contributed by atoms with Crippen molar-refractivity contribution >= 4 is 17.4 Å². The largest absolute Gasteiger partial charge is 0.508 e. The fourth-order valence-corrected chi connectivity index (χ4v) is 2.75. The maximum absolute atomic E-state index is 9.47. The number of nitrogens with one attached hydrogen (secondary N) is 1. The summed E-state index contributed by atoms with van der Waals surface area (Å²) in [5.74, 6) is 1.09. The molecule has 4 nitrogen and oxygen atoms in total. The van der Waals surface area contributed by atoms with Crippen molar-refractivity contribution in [2.24, 2.45) is 0 Å². The number of fused-ring (bicyclic) bond motifs is 1. The van der Waals surface area contributed by atoms with Gasteiger partial charge in [-0.15, -0.1) is 0 Å². The summed E-state index contributed by atoms with van der Waals surface area (Å²) >= 11 is 5.99. The molecule has 1 aromatic heterocycles. The summed E-state index contributed by atoms with van der Waals surface area (Å²) in [5, 5.41) is 13.1. The number of phenolic OH excluding ortho intramolecular Hbond substituents is 1. The lowest BCUT2D eigenvalue weighted by Gasteiger charge is -2.18. The molecule has 1 aliphatic rings. The minimum Gasteiger partial charge on any atom is -0.508 e. The van der Waals surface area contributed by atoms with Gasteiger partial charge in [-0.25, -0.2) is 9.97 Å². The van der Waals surface area contributed by atoms with Gasteiger partial charge in [-0.2, -0.15) is 0 Å². The van der Waals surface area contributed by atoms with Gasteiger partial charge in [0.2, 0.25) is 5.28 Å². The molecule has 0 saturated heterocycles. The zero-order valence-corrected chi connectivity index (χ0v) is 11.8. The first-order valence-electron chi connectivity index (χ1n) is 6.79. The Bertz CT molecular complexity index is 631. The zero-order valence-electron chi connectivity index (χ0n) is 11.1. The summed E-state index contributed by atoms with van der Waals surface area (Å²) in [7, 11) is 0. The van der Waals surface area contributed by atoms with E-state index >= 15 is 0 Å². The normalized spacial score (nSPS) is 13.8. The predicted octanol–water partition coefficient (Wildman–Crippen LogP) is 3.33. The van der Waals surface area contributed by atoms with Crippen LogP contribution >= 0.6 is 11.6 Å². The first-order chi connectivity index (χ1) is 9.72. The van der Waals surface area contributed by atoms with Gasteiger partial charge in [-0.3, -0.25) is 0 Å². The average molecular weight is 290 g/mol. The van der Waals surface area contributed by atoms with Crippen LogP contribution in [0.5, 0.6) is 5.75 Å². The van der Waals surface area contributed by atoms with Crippen molar-refractivity contribution in [2.45, 2.75) is 32.2 Å². The minimum absolute atomic E-state index is 0.270. The van der Waals surface area contributed by atoms with Crippen LogP contribution in [0.25, 0.3) is 0 Å². The van der Waals surface area contributed by atoms with Gasteiger partial charge in [0.1, 0.15) is 11.6 Å². The molecule has 0 atom stereocenters. The second-order valence-corrected chi connectivity index (χ2v) is 5.34.